The number of benzene rings is 2. The first-order valence-electron chi connectivity index (χ1n) is 10.7. The summed E-state index contributed by atoms with van der Waals surface area (Å²) in [6.07, 6.45) is 0. The topological polar surface area (TPSA) is 13.0 Å². The van der Waals surface area contributed by atoms with E-state index in [4.69, 9.17) is 0 Å². The van der Waals surface area contributed by atoms with E-state index >= 15 is 0 Å². The minimum atomic E-state index is -0.505. The first kappa shape index (κ1) is 34.4. The quantitative estimate of drug-likeness (QED) is 0.314. The summed E-state index contributed by atoms with van der Waals surface area (Å²) in [4.78, 5) is 8.97. The molecule has 0 bridgehead atoms. The van der Waals surface area contributed by atoms with Gasteiger partial charge in [-0.25, -0.2) is 0 Å². The van der Waals surface area contributed by atoms with Gasteiger partial charge in [-0.3, -0.25) is 0 Å². The van der Waals surface area contributed by atoms with Crippen molar-refractivity contribution in [2.75, 3.05) is 56.4 Å². The van der Waals surface area contributed by atoms with Gasteiger partial charge < -0.3 is 0 Å². The number of hydrogen-bond acceptors (Lipinski definition) is 4. The van der Waals surface area contributed by atoms with Crippen LogP contribution in [0.15, 0.2) is 36.4 Å². The van der Waals surface area contributed by atoms with Gasteiger partial charge in [0, 0.05) is 17.1 Å². The Hall–Kier alpha value is 1.44. The van der Waals surface area contributed by atoms with Crippen molar-refractivity contribution in [1.82, 2.24) is 19.6 Å². The van der Waals surface area contributed by atoms with E-state index in [0.717, 1.165) is 26.2 Å². The Kier molecular flexibility index (Phi) is 19.5. The van der Waals surface area contributed by atoms with Crippen molar-refractivity contribution in [1.29, 1.82) is 0 Å². The average molecular weight is 857 g/mol. The Bertz CT molecular complexity index is 747. The van der Waals surface area contributed by atoms with Crippen LogP contribution in [0.5, 0.6) is 0 Å². The Morgan fingerprint density at radius 3 is 0.879 bits per heavy atom. The molecule has 4 radical (unpaired) electrons. The summed E-state index contributed by atoms with van der Waals surface area (Å²) in [6, 6.07) is 13.5. The van der Waals surface area contributed by atoms with Crippen LogP contribution in [0.4, 0.5) is 0 Å². The fourth-order valence-electron chi connectivity index (χ4n) is 3.46. The largest absolute Gasteiger partial charge is 0 e. The van der Waals surface area contributed by atoms with Crippen molar-refractivity contribution >= 4 is 85.3 Å². The normalized spacial score (nSPS) is 10.8. The predicted molar refractivity (Wildman–Crippen MR) is 150 cm³/mol. The molecule has 0 unspecified atom stereocenters. The van der Waals surface area contributed by atoms with Crippen LogP contribution >= 0.6 is 0 Å². The molecule has 4 nitrogen and oxygen atoms in total. The van der Waals surface area contributed by atoms with Crippen LogP contribution in [0, 0.1) is 0 Å². The zero-order valence-corrected chi connectivity index (χ0v) is 32.2. The summed E-state index contributed by atoms with van der Waals surface area (Å²) in [7, 11) is 17.1. The second-order valence-electron chi connectivity index (χ2n) is 9.06. The minimum Gasteiger partial charge on any atom is 0 e. The summed E-state index contributed by atoms with van der Waals surface area (Å²) in [6.45, 7) is 4.22. The first-order valence-corrected chi connectivity index (χ1v) is 27.3. The summed E-state index contributed by atoms with van der Waals surface area (Å²) < 4.78 is 3.27. The van der Waals surface area contributed by atoms with Gasteiger partial charge in [-0.15, -0.1) is 0 Å². The van der Waals surface area contributed by atoms with Gasteiger partial charge in [0.15, 0.2) is 0 Å². The van der Waals surface area contributed by atoms with Crippen molar-refractivity contribution < 1.29 is 0 Å². The Labute approximate surface area is 243 Å². The maximum Gasteiger partial charge on any atom is 0 e. The fraction of sp³-hybridized carbons (Fsp3) is 0.500. The minimum absolute atomic E-state index is 0. The van der Waals surface area contributed by atoms with Gasteiger partial charge >= 0.3 is 229 Å². The third-order valence-corrected chi connectivity index (χ3v) is 15.2. The molecule has 0 aliphatic heterocycles. The molecule has 0 aromatic heterocycles. The van der Waals surface area contributed by atoms with Gasteiger partial charge in [-0.1, -0.05) is 0 Å². The van der Waals surface area contributed by atoms with Crippen molar-refractivity contribution in [3.63, 3.8) is 0 Å². The van der Waals surface area contributed by atoms with E-state index in [0.29, 0.717) is 0 Å². The summed E-state index contributed by atoms with van der Waals surface area (Å²) >= 11 is 5.63. The van der Waals surface area contributed by atoms with Gasteiger partial charge in [0.2, 0.25) is 0 Å². The average Bonchev–Trinajstić information content (AvgIpc) is 2.67. The van der Waals surface area contributed by atoms with Gasteiger partial charge in [-0.2, -0.15) is 0 Å². The molecule has 0 heterocycles. The standard InChI is InChI=1S/2C12H19N2.3Se.2Sn/c2*1-13(2)9-11-6-5-7-12(8-11)10-14(3)4;;;;;/h2*5-7H,9-10H2,1-4H3;;;;;. The Morgan fingerprint density at radius 2 is 0.727 bits per heavy atom. The van der Waals surface area contributed by atoms with Crippen LogP contribution in [-0.2, 0) is 26.2 Å². The zero-order chi connectivity index (χ0) is 24.3. The first-order chi connectivity index (χ1) is 15.1. The number of hydrogen-bond donors (Lipinski definition) is 0. The Morgan fingerprint density at radius 1 is 0.515 bits per heavy atom. The third kappa shape index (κ3) is 13.5. The SMILES string of the molecule is CN(C)Cc1cccc(CN(C)C)[c]1[Sn]=[Se].CN(C)Cc1cccc(CN(C)C)[c]1[Sn]=[Se].[Se]. The van der Waals surface area contributed by atoms with E-state index in [1.807, 2.05) is 0 Å². The molecular formula is C24H38N4Se3Sn2. The molecule has 0 fully saturated rings. The molecule has 0 spiro atoms. The molecule has 0 amide bonds. The van der Waals surface area contributed by atoms with E-state index in [1.165, 1.54) is 22.3 Å². The van der Waals surface area contributed by atoms with Crippen molar-refractivity contribution in [2.45, 2.75) is 26.2 Å². The second-order valence-corrected chi connectivity index (χ2v) is 18.8. The molecule has 33 heavy (non-hydrogen) atoms. The molecule has 2 aromatic rings. The van der Waals surface area contributed by atoms with E-state index in [1.54, 1.807) is 7.16 Å². The molecule has 0 N–H and O–H groups in total. The van der Waals surface area contributed by atoms with Crippen molar-refractivity contribution in [2.24, 2.45) is 0 Å². The van der Waals surface area contributed by atoms with Crippen LogP contribution in [0.25, 0.3) is 0 Å². The van der Waals surface area contributed by atoms with Crippen molar-refractivity contribution in [3.8, 4) is 0 Å². The van der Waals surface area contributed by atoms with E-state index in [9.17, 15) is 0 Å². The summed E-state index contributed by atoms with van der Waals surface area (Å²) in [5, 5.41) is 0. The molecule has 0 saturated carbocycles. The third-order valence-electron chi connectivity index (χ3n) is 4.62. The number of rotatable bonds is 10. The van der Waals surface area contributed by atoms with Gasteiger partial charge in [0.05, 0.1) is 0 Å². The smallest absolute Gasteiger partial charge is 0 e. The van der Waals surface area contributed by atoms with Crippen LogP contribution in [0.2, 0.25) is 0 Å². The molecule has 0 saturated heterocycles. The molecule has 2 aromatic carbocycles. The van der Waals surface area contributed by atoms with Crippen LogP contribution in [0.1, 0.15) is 22.3 Å². The van der Waals surface area contributed by atoms with E-state index in [-0.39, 0.29) is 17.1 Å². The zero-order valence-electron chi connectivity index (χ0n) is 21.3. The maximum absolute atomic E-state index is 3.32. The molecule has 0 aliphatic carbocycles. The summed E-state index contributed by atoms with van der Waals surface area (Å²) in [5.74, 6) is 0. The van der Waals surface area contributed by atoms with Gasteiger partial charge in [-0.05, 0) is 0 Å². The van der Waals surface area contributed by atoms with Crippen LogP contribution in [-0.4, -0.2) is 154 Å². The van der Waals surface area contributed by atoms with E-state index < -0.39 is 36.6 Å². The Balaban J connectivity index is 0.000000602. The van der Waals surface area contributed by atoms with Crippen LogP contribution < -0.4 is 7.16 Å². The monoisotopic (exact) mass is 862 g/mol. The van der Waals surface area contributed by atoms with Crippen molar-refractivity contribution in [3.05, 3.63) is 58.7 Å². The van der Waals surface area contributed by atoms with Crippen LogP contribution in [0.3, 0.4) is 0 Å². The molecule has 0 atom stereocenters. The molecule has 180 valence electrons. The summed E-state index contributed by atoms with van der Waals surface area (Å²) in [5.41, 5.74) is 6.04. The van der Waals surface area contributed by atoms with E-state index in [2.05, 4.69) is 137 Å². The number of nitrogens with zero attached hydrogens (tertiary/aromatic N) is 4. The second kappa shape index (κ2) is 18.6. The predicted octanol–water partition coefficient (Wildman–Crippen LogP) is 0.0648. The van der Waals surface area contributed by atoms with Gasteiger partial charge in [0.1, 0.15) is 0 Å². The molecular weight excluding hydrogens is 819 g/mol. The molecule has 0 aliphatic rings. The molecule has 2 rings (SSSR count). The molecule has 9 heteroatoms. The fourth-order valence-corrected chi connectivity index (χ4v) is 14.2. The maximum atomic E-state index is 3.32. The van der Waals surface area contributed by atoms with Gasteiger partial charge in [0.25, 0.3) is 0 Å².